The van der Waals surface area contributed by atoms with Gasteiger partial charge in [-0.1, -0.05) is 43.2 Å². The zero-order valence-electron chi connectivity index (χ0n) is 18.2. The molecule has 2 aliphatic rings. The molecule has 1 aromatic carbocycles. The van der Waals surface area contributed by atoms with E-state index in [0.29, 0.717) is 19.4 Å². The van der Waals surface area contributed by atoms with Gasteiger partial charge in [0.1, 0.15) is 12.1 Å². The highest BCUT2D eigenvalue weighted by atomic mass is 16.7. The second kappa shape index (κ2) is 8.76. The van der Waals surface area contributed by atoms with Crippen molar-refractivity contribution in [1.82, 2.24) is 5.32 Å². The second-order valence-corrected chi connectivity index (χ2v) is 9.42. The summed E-state index contributed by atoms with van der Waals surface area (Å²) >= 11 is 0. The van der Waals surface area contributed by atoms with Crippen molar-refractivity contribution in [2.45, 2.75) is 89.1 Å². The first-order chi connectivity index (χ1) is 13.6. The quantitative estimate of drug-likeness (QED) is 0.395. The third-order valence-electron chi connectivity index (χ3n) is 6.51. The van der Waals surface area contributed by atoms with Crippen LogP contribution in [-0.2, 0) is 25.4 Å². The summed E-state index contributed by atoms with van der Waals surface area (Å²) in [6.07, 6.45) is 3.92. The third-order valence-corrected chi connectivity index (χ3v) is 6.51. The van der Waals surface area contributed by atoms with Crippen molar-refractivity contribution in [2.24, 2.45) is 5.73 Å². The molecule has 2 fully saturated rings. The average Bonchev–Trinajstić information content (AvgIpc) is 3.14. The van der Waals surface area contributed by atoms with Crippen LogP contribution in [0.1, 0.15) is 58.9 Å². The minimum atomic E-state index is -0.690. The van der Waals surface area contributed by atoms with Crippen LogP contribution in [0.3, 0.4) is 0 Å². The van der Waals surface area contributed by atoms with Crippen LogP contribution < -0.4 is 11.1 Å². The van der Waals surface area contributed by atoms with E-state index in [9.17, 15) is 4.79 Å². The fourth-order valence-corrected chi connectivity index (χ4v) is 4.05. The van der Waals surface area contributed by atoms with E-state index in [4.69, 9.17) is 19.8 Å². The number of hydrogen-bond acceptors (Lipinski definition) is 6. The Morgan fingerprint density at radius 2 is 1.83 bits per heavy atom. The Kier molecular flexibility index (Phi) is 6.73. The zero-order valence-corrected chi connectivity index (χ0v) is 18.2. The molecule has 0 amide bonds. The van der Waals surface area contributed by atoms with Gasteiger partial charge in [-0.3, -0.25) is 4.79 Å². The lowest BCUT2D eigenvalue weighted by molar-refractivity contribution is -0.153. The van der Waals surface area contributed by atoms with Gasteiger partial charge in [-0.2, -0.15) is 0 Å². The molecule has 0 bridgehead atoms. The summed E-state index contributed by atoms with van der Waals surface area (Å²) in [6.45, 7) is 9.18. The van der Waals surface area contributed by atoms with Gasteiger partial charge in [0.05, 0.1) is 11.2 Å². The molecular formula is C22H35BN2O4. The molecule has 7 heteroatoms. The molecule has 0 spiro atoms. The predicted molar refractivity (Wildman–Crippen MR) is 114 cm³/mol. The monoisotopic (exact) mass is 402 g/mol. The fourth-order valence-electron chi connectivity index (χ4n) is 4.05. The van der Waals surface area contributed by atoms with Crippen molar-refractivity contribution < 1.29 is 18.8 Å². The van der Waals surface area contributed by atoms with Gasteiger partial charge in [0, 0.05) is 12.6 Å². The molecule has 3 N–H and O–H groups in total. The molecule has 6 nitrogen and oxygen atoms in total. The Morgan fingerprint density at radius 3 is 2.41 bits per heavy atom. The number of carbonyl (C=O) groups excluding carboxylic acids is 1. The number of nitrogens with two attached hydrogens (primary N) is 1. The molecule has 3 rings (SSSR count). The van der Waals surface area contributed by atoms with Crippen LogP contribution in [-0.4, -0.2) is 42.4 Å². The van der Waals surface area contributed by atoms with E-state index < -0.39 is 5.54 Å². The molecule has 2 heterocycles. The Balaban J connectivity index is 1.49. The van der Waals surface area contributed by atoms with E-state index in [1.165, 1.54) is 0 Å². The topological polar surface area (TPSA) is 82.8 Å². The van der Waals surface area contributed by atoms with Crippen LogP contribution >= 0.6 is 0 Å². The molecule has 1 aromatic rings. The first kappa shape index (κ1) is 22.3. The molecule has 2 atom stereocenters. The standard InChI is InChI=1S/C22H35BN2O4/c1-20(2)21(3,4)29-23(28-20)13-9-8-12-22(14-18(24)15-25-22)19(26)27-16-17-10-6-5-7-11-17/h5-7,10-11,18,25H,8-9,12-16,24H2,1-4H3/t18-,22+/m0/s1. The van der Waals surface area contributed by atoms with E-state index in [0.717, 1.165) is 24.7 Å². The molecule has 2 aliphatic heterocycles. The summed E-state index contributed by atoms with van der Waals surface area (Å²) in [7, 11) is -0.195. The van der Waals surface area contributed by atoms with Crippen LogP contribution in [0.2, 0.25) is 6.32 Å². The lowest BCUT2D eigenvalue weighted by Crippen LogP contribution is -2.48. The minimum Gasteiger partial charge on any atom is -0.459 e. The molecule has 160 valence electrons. The number of esters is 1. The van der Waals surface area contributed by atoms with Crippen molar-refractivity contribution >= 4 is 13.1 Å². The second-order valence-electron chi connectivity index (χ2n) is 9.42. The Bertz CT molecular complexity index is 681. The van der Waals surface area contributed by atoms with Gasteiger partial charge in [0.15, 0.2) is 0 Å². The van der Waals surface area contributed by atoms with Crippen LogP contribution in [0.15, 0.2) is 30.3 Å². The lowest BCUT2D eigenvalue weighted by Gasteiger charge is -2.32. The number of unbranched alkanes of at least 4 members (excludes halogenated alkanes) is 1. The Morgan fingerprint density at radius 1 is 1.17 bits per heavy atom. The summed E-state index contributed by atoms with van der Waals surface area (Å²) in [5.74, 6) is -0.204. The van der Waals surface area contributed by atoms with Crippen molar-refractivity contribution in [3.8, 4) is 0 Å². The van der Waals surface area contributed by atoms with Gasteiger partial charge in [-0.05, 0) is 52.4 Å². The van der Waals surface area contributed by atoms with E-state index in [-0.39, 0.29) is 36.9 Å². The summed E-state index contributed by atoms with van der Waals surface area (Å²) < 4.78 is 17.8. The van der Waals surface area contributed by atoms with Crippen LogP contribution in [0.4, 0.5) is 0 Å². The molecule has 29 heavy (non-hydrogen) atoms. The van der Waals surface area contributed by atoms with Crippen molar-refractivity contribution in [3.63, 3.8) is 0 Å². The van der Waals surface area contributed by atoms with Gasteiger partial charge in [0.25, 0.3) is 0 Å². The predicted octanol–water partition coefficient (Wildman–Crippen LogP) is 3.05. The van der Waals surface area contributed by atoms with E-state index in [2.05, 4.69) is 33.0 Å². The number of rotatable bonds is 8. The maximum Gasteiger partial charge on any atom is 0.457 e. The summed E-state index contributed by atoms with van der Waals surface area (Å²) in [5, 5.41) is 3.35. The van der Waals surface area contributed by atoms with Gasteiger partial charge in [0.2, 0.25) is 0 Å². The SMILES string of the molecule is CC1(C)OB(CCCC[C@]2(C(=O)OCc3ccccc3)C[C@H](N)CN2)OC1(C)C. The summed E-state index contributed by atoms with van der Waals surface area (Å²) in [4.78, 5) is 12.9. The van der Waals surface area contributed by atoms with Crippen molar-refractivity contribution in [2.75, 3.05) is 6.54 Å². The highest BCUT2D eigenvalue weighted by Crippen LogP contribution is 2.38. The lowest BCUT2D eigenvalue weighted by atomic mass is 9.80. The molecule has 2 saturated heterocycles. The number of ether oxygens (including phenoxy) is 1. The zero-order chi connectivity index (χ0) is 21.1. The Hall–Kier alpha value is -1.41. The number of benzene rings is 1. The molecular weight excluding hydrogens is 367 g/mol. The number of nitrogens with one attached hydrogen (secondary N) is 1. The summed E-state index contributed by atoms with van der Waals surface area (Å²) in [6, 6.07) is 9.72. The maximum atomic E-state index is 12.9. The fraction of sp³-hybridized carbons (Fsp3) is 0.682. The number of hydrogen-bond donors (Lipinski definition) is 2. The van der Waals surface area contributed by atoms with Crippen LogP contribution in [0.25, 0.3) is 0 Å². The summed E-state index contributed by atoms with van der Waals surface area (Å²) in [5.41, 5.74) is 5.79. The molecule has 0 aromatic heterocycles. The highest BCUT2D eigenvalue weighted by Gasteiger charge is 2.50. The Labute approximate surface area is 175 Å². The first-order valence-corrected chi connectivity index (χ1v) is 10.7. The third kappa shape index (κ3) is 5.20. The number of carbonyl (C=O) groups is 1. The van der Waals surface area contributed by atoms with Gasteiger partial charge in [-0.25, -0.2) is 0 Å². The molecule has 0 radical (unpaired) electrons. The minimum absolute atomic E-state index is 0.0256. The van der Waals surface area contributed by atoms with Crippen LogP contribution in [0, 0.1) is 0 Å². The van der Waals surface area contributed by atoms with Gasteiger partial charge in [-0.15, -0.1) is 0 Å². The van der Waals surface area contributed by atoms with Crippen molar-refractivity contribution in [1.29, 1.82) is 0 Å². The smallest absolute Gasteiger partial charge is 0.457 e. The van der Waals surface area contributed by atoms with Crippen molar-refractivity contribution in [3.05, 3.63) is 35.9 Å². The van der Waals surface area contributed by atoms with Gasteiger partial charge >= 0.3 is 13.1 Å². The first-order valence-electron chi connectivity index (χ1n) is 10.7. The van der Waals surface area contributed by atoms with E-state index in [1.807, 2.05) is 30.3 Å². The molecule has 0 unspecified atom stereocenters. The highest BCUT2D eigenvalue weighted by molar-refractivity contribution is 6.45. The largest absolute Gasteiger partial charge is 0.459 e. The normalized spacial score (nSPS) is 27.9. The average molecular weight is 402 g/mol. The van der Waals surface area contributed by atoms with Gasteiger partial charge < -0.3 is 25.1 Å². The maximum absolute atomic E-state index is 12.9. The molecule has 0 aliphatic carbocycles. The van der Waals surface area contributed by atoms with E-state index in [1.54, 1.807) is 0 Å². The molecule has 0 saturated carbocycles. The van der Waals surface area contributed by atoms with Crippen LogP contribution in [0.5, 0.6) is 0 Å². The van der Waals surface area contributed by atoms with E-state index >= 15 is 0 Å².